The molecular formula is C37H51N3O4Si. The molecule has 0 fully saturated rings. The summed E-state index contributed by atoms with van der Waals surface area (Å²) < 4.78 is 6.61. The summed E-state index contributed by atoms with van der Waals surface area (Å²) in [4.78, 5) is 41.5. The van der Waals surface area contributed by atoms with Crippen molar-refractivity contribution in [1.82, 2.24) is 10.6 Å². The molecule has 0 spiro atoms. The van der Waals surface area contributed by atoms with Crippen LogP contribution in [0.5, 0.6) is 0 Å². The van der Waals surface area contributed by atoms with Crippen molar-refractivity contribution in [3.05, 3.63) is 108 Å². The van der Waals surface area contributed by atoms with E-state index < -0.39 is 44.2 Å². The molecular weight excluding hydrogens is 579 g/mol. The smallest absolute Gasteiger partial charge is 0.315 e. The van der Waals surface area contributed by atoms with Gasteiger partial charge in [-0.15, -0.1) is 0 Å². The van der Waals surface area contributed by atoms with Gasteiger partial charge in [0.2, 0.25) is 11.8 Å². The van der Waals surface area contributed by atoms with Crippen LogP contribution in [0, 0.1) is 0 Å². The number of amides is 2. The Morgan fingerprint density at radius 2 is 1.02 bits per heavy atom. The van der Waals surface area contributed by atoms with Gasteiger partial charge >= 0.3 is 5.97 Å². The van der Waals surface area contributed by atoms with Crippen LogP contribution < -0.4 is 16.4 Å². The van der Waals surface area contributed by atoms with Crippen LogP contribution in [0.4, 0.5) is 0 Å². The Balaban J connectivity index is 1.91. The molecule has 0 bridgehead atoms. The molecule has 0 aromatic heterocycles. The SMILES string of the molecule is CC[Si](OC(=O)[C@H](Cc1ccccc1)NC(=O)[C@H](Cc1ccccc1)NC(=O)[C@@H](N)Cc1ccccc1)(C(C)(C)C)C(C)(C)C. The normalized spacial score (nSPS) is 14.1. The van der Waals surface area contributed by atoms with E-state index in [4.69, 9.17) is 10.2 Å². The maximum Gasteiger partial charge on any atom is 0.315 e. The van der Waals surface area contributed by atoms with Crippen molar-refractivity contribution in [3.8, 4) is 0 Å². The monoisotopic (exact) mass is 629 g/mol. The molecule has 0 heterocycles. The van der Waals surface area contributed by atoms with Gasteiger partial charge in [-0.05, 0) is 39.2 Å². The van der Waals surface area contributed by atoms with Crippen LogP contribution in [0.1, 0.15) is 65.2 Å². The summed E-state index contributed by atoms with van der Waals surface area (Å²) in [6.07, 6.45) is 0.827. The van der Waals surface area contributed by atoms with Crippen molar-refractivity contribution in [3.63, 3.8) is 0 Å². The van der Waals surface area contributed by atoms with E-state index >= 15 is 0 Å². The van der Waals surface area contributed by atoms with Crippen molar-refractivity contribution in [2.75, 3.05) is 0 Å². The second-order valence-electron chi connectivity index (χ2n) is 13.9. The molecule has 7 nitrogen and oxygen atoms in total. The Bertz CT molecular complexity index is 1370. The van der Waals surface area contributed by atoms with Gasteiger partial charge in [-0.25, -0.2) is 0 Å². The Morgan fingerprint density at radius 3 is 1.42 bits per heavy atom. The second-order valence-corrected chi connectivity index (χ2v) is 19.5. The lowest BCUT2D eigenvalue weighted by Gasteiger charge is -2.49. The average Bonchev–Trinajstić information content (AvgIpc) is 2.99. The minimum Gasteiger partial charge on any atom is -0.516 e. The van der Waals surface area contributed by atoms with Crippen molar-refractivity contribution in [1.29, 1.82) is 0 Å². The molecule has 3 rings (SSSR count). The van der Waals surface area contributed by atoms with Crippen LogP contribution in [0.25, 0.3) is 0 Å². The molecule has 0 saturated heterocycles. The van der Waals surface area contributed by atoms with Crippen LogP contribution in [0.3, 0.4) is 0 Å². The molecule has 0 aliphatic rings. The maximum atomic E-state index is 14.2. The highest BCUT2D eigenvalue weighted by Crippen LogP contribution is 2.53. The van der Waals surface area contributed by atoms with Gasteiger partial charge in [-0.1, -0.05) is 139 Å². The van der Waals surface area contributed by atoms with E-state index in [0.29, 0.717) is 6.42 Å². The summed E-state index contributed by atoms with van der Waals surface area (Å²) in [5.74, 6) is -1.35. The maximum absolute atomic E-state index is 14.2. The zero-order chi connectivity index (χ0) is 33.3. The van der Waals surface area contributed by atoms with Crippen molar-refractivity contribution >= 4 is 26.1 Å². The summed E-state index contributed by atoms with van der Waals surface area (Å²) in [5, 5.41) is 5.38. The largest absolute Gasteiger partial charge is 0.516 e. The number of nitrogens with one attached hydrogen (secondary N) is 2. The van der Waals surface area contributed by atoms with Crippen molar-refractivity contribution in [2.24, 2.45) is 5.73 Å². The Morgan fingerprint density at radius 1 is 0.644 bits per heavy atom. The van der Waals surface area contributed by atoms with E-state index in [9.17, 15) is 14.4 Å². The fraction of sp³-hybridized carbons (Fsp3) is 0.432. The van der Waals surface area contributed by atoms with Gasteiger partial charge in [0.05, 0.1) is 6.04 Å². The number of rotatable bonds is 13. The zero-order valence-electron chi connectivity index (χ0n) is 27.9. The summed E-state index contributed by atoms with van der Waals surface area (Å²) >= 11 is 0. The highest BCUT2D eigenvalue weighted by molar-refractivity contribution is 6.80. The Labute approximate surface area is 270 Å². The van der Waals surface area contributed by atoms with Crippen LogP contribution in [0.2, 0.25) is 16.1 Å². The van der Waals surface area contributed by atoms with Gasteiger partial charge in [-0.2, -0.15) is 0 Å². The van der Waals surface area contributed by atoms with Crippen molar-refractivity contribution in [2.45, 2.75) is 102 Å². The predicted octanol–water partition coefficient (Wildman–Crippen LogP) is 6.12. The molecule has 242 valence electrons. The first-order valence-electron chi connectivity index (χ1n) is 15.9. The highest BCUT2D eigenvalue weighted by Gasteiger charge is 2.57. The molecule has 45 heavy (non-hydrogen) atoms. The van der Waals surface area contributed by atoms with Gasteiger partial charge < -0.3 is 20.8 Å². The van der Waals surface area contributed by atoms with Gasteiger partial charge in [0.15, 0.2) is 0 Å². The lowest BCUT2D eigenvalue weighted by atomic mass is 10.0. The molecule has 8 heteroatoms. The molecule has 4 N–H and O–H groups in total. The fourth-order valence-electron chi connectivity index (χ4n) is 6.42. The Hall–Kier alpha value is -3.75. The lowest BCUT2D eigenvalue weighted by molar-refractivity contribution is -0.141. The number of carbonyl (C=O) groups excluding carboxylic acids is 3. The highest BCUT2D eigenvalue weighted by atomic mass is 28.4. The van der Waals surface area contributed by atoms with E-state index in [1.54, 1.807) is 0 Å². The molecule has 0 unspecified atom stereocenters. The minimum absolute atomic E-state index is 0.237. The lowest BCUT2D eigenvalue weighted by Crippen LogP contribution is -2.59. The summed E-state index contributed by atoms with van der Waals surface area (Å²) in [7, 11) is -2.72. The number of hydrogen-bond acceptors (Lipinski definition) is 5. The predicted molar refractivity (Wildman–Crippen MR) is 184 cm³/mol. The van der Waals surface area contributed by atoms with Gasteiger partial charge in [0.25, 0.3) is 8.32 Å². The van der Waals surface area contributed by atoms with Crippen LogP contribution in [-0.4, -0.2) is 44.2 Å². The molecule has 0 aliphatic carbocycles. The zero-order valence-corrected chi connectivity index (χ0v) is 28.9. The second kappa shape index (κ2) is 15.5. The average molecular weight is 630 g/mol. The molecule has 3 aromatic rings. The van der Waals surface area contributed by atoms with Crippen LogP contribution in [-0.2, 0) is 38.1 Å². The van der Waals surface area contributed by atoms with Gasteiger partial charge in [0.1, 0.15) is 12.1 Å². The summed E-state index contributed by atoms with van der Waals surface area (Å²) in [5.41, 5.74) is 8.98. The number of benzene rings is 3. The summed E-state index contributed by atoms with van der Waals surface area (Å²) in [6.45, 7) is 14.9. The van der Waals surface area contributed by atoms with Crippen molar-refractivity contribution < 1.29 is 18.8 Å². The van der Waals surface area contributed by atoms with E-state index in [1.165, 1.54) is 0 Å². The fourth-order valence-corrected chi connectivity index (χ4v) is 12.0. The number of carbonyl (C=O) groups is 3. The first-order valence-corrected chi connectivity index (χ1v) is 18.0. The molecule has 3 atom stereocenters. The molecule has 0 saturated carbocycles. The summed E-state index contributed by atoms with van der Waals surface area (Å²) in [6, 6.07) is 26.6. The van der Waals surface area contributed by atoms with Crippen LogP contribution >= 0.6 is 0 Å². The molecule has 2 amide bonds. The van der Waals surface area contributed by atoms with E-state index in [-0.39, 0.29) is 22.9 Å². The third-order valence-corrected chi connectivity index (χ3v) is 15.0. The third kappa shape index (κ3) is 9.62. The van der Waals surface area contributed by atoms with Gasteiger partial charge in [-0.3, -0.25) is 14.4 Å². The first kappa shape index (κ1) is 35.7. The van der Waals surface area contributed by atoms with Crippen LogP contribution in [0.15, 0.2) is 91.0 Å². The number of nitrogens with two attached hydrogens (primary N) is 1. The van der Waals surface area contributed by atoms with E-state index in [0.717, 1.165) is 22.7 Å². The standard InChI is InChI=1S/C37H51N3O4Si/c1-8-45(36(2,3)4,37(5,6)7)44-35(43)32(26-29-22-16-11-17-23-29)40-34(42)31(25-28-20-14-10-15-21-28)39-33(41)30(38)24-27-18-12-9-13-19-27/h9-23,30-32H,8,24-26,38H2,1-7H3,(H,39,41)(H,40,42)/t30-,31-,32-/m0/s1. The van der Waals surface area contributed by atoms with E-state index in [2.05, 4.69) is 59.1 Å². The molecule has 3 aromatic carbocycles. The minimum atomic E-state index is -2.72. The third-order valence-electron chi connectivity index (χ3n) is 8.63. The topological polar surface area (TPSA) is 111 Å². The quantitative estimate of drug-likeness (QED) is 0.197. The first-order chi connectivity index (χ1) is 21.2. The van der Waals surface area contributed by atoms with Gasteiger partial charge in [0, 0.05) is 12.8 Å². The molecule has 0 radical (unpaired) electrons. The number of hydrogen-bond donors (Lipinski definition) is 3. The molecule has 0 aliphatic heterocycles. The van der Waals surface area contributed by atoms with E-state index in [1.807, 2.05) is 91.0 Å². The Kier molecular flexibility index (Phi) is 12.3.